The average Bonchev–Trinajstić information content (AvgIpc) is 2.49. The predicted molar refractivity (Wildman–Crippen MR) is 92.3 cm³/mol. The van der Waals surface area contributed by atoms with Crippen LogP contribution in [0, 0.1) is 0 Å². The number of hydrogen-bond acceptors (Lipinski definition) is 4. The Morgan fingerprint density at radius 2 is 2.09 bits per heavy atom. The fourth-order valence-electron chi connectivity index (χ4n) is 2.25. The molecule has 1 amide bonds. The molecule has 1 aromatic carbocycles. The van der Waals surface area contributed by atoms with Crippen molar-refractivity contribution in [1.29, 1.82) is 0 Å². The van der Waals surface area contributed by atoms with Gasteiger partial charge in [0.1, 0.15) is 5.60 Å². The zero-order chi connectivity index (χ0) is 16.9. The van der Waals surface area contributed by atoms with Crippen molar-refractivity contribution in [3.63, 3.8) is 0 Å². The molecule has 0 bridgehead atoms. The van der Waals surface area contributed by atoms with Gasteiger partial charge in [0.2, 0.25) is 0 Å². The third-order valence-electron chi connectivity index (χ3n) is 3.36. The van der Waals surface area contributed by atoms with Crippen LogP contribution in [0.25, 0.3) is 10.8 Å². The SMILES string of the molecule is CC(CNC(=O)OC(C)(C)C)NCc1cccc2cnccc12. The van der Waals surface area contributed by atoms with Gasteiger partial charge in [0.25, 0.3) is 0 Å². The maximum atomic E-state index is 11.6. The van der Waals surface area contributed by atoms with E-state index in [4.69, 9.17) is 4.74 Å². The summed E-state index contributed by atoms with van der Waals surface area (Å²) in [7, 11) is 0. The van der Waals surface area contributed by atoms with Crippen LogP contribution in [0.15, 0.2) is 36.7 Å². The van der Waals surface area contributed by atoms with Gasteiger partial charge in [-0.05, 0) is 44.7 Å². The third kappa shape index (κ3) is 5.53. The summed E-state index contributed by atoms with van der Waals surface area (Å²) in [5, 5.41) is 8.52. The number of amides is 1. The van der Waals surface area contributed by atoms with Crippen LogP contribution in [0.5, 0.6) is 0 Å². The molecule has 1 aromatic heterocycles. The molecule has 2 rings (SSSR count). The van der Waals surface area contributed by atoms with E-state index in [0.717, 1.165) is 11.9 Å². The smallest absolute Gasteiger partial charge is 0.407 e. The zero-order valence-electron chi connectivity index (χ0n) is 14.2. The average molecular weight is 315 g/mol. The van der Waals surface area contributed by atoms with Crippen molar-refractivity contribution in [2.75, 3.05) is 6.54 Å². The highest BCUT2D eigenvalue weighted by atomic mass is 16.6. The van der Waals surface area contributed by atoms with Gasteiger partial charge in [0.15, 0.2) is 0 Å². The van der Waals surface area contributed by atoms with Gasteiger partial charge >= 0.3 is 6.09 Å². The lowest BCUT2D eigenvalue weighted by Crippen LogP contribution is -2.41. The summed E-state index contributed by atoms with van der Waals surface area (Å²) in [4.78, 5) is 15.8. The van der Waals surface area contributed by atoms with Gasteiger partial charge in [0.05, 0.1) is 0 Å². The Morgan fingerprint density at radius 1 is 1.30 bits per heavy atom. The molecule has 124 valence electrons. The van der Waals surface area contributed by atoms with Gasteiger partial charge in [-0.2, -0.15) is 0 Å². The summed E-state index contributed by atoms with van der Waals surface area (Å²) in [5.74, 6) is 0. The summed E-state index contributed by atoms with van der Waals surface area (Å²) < 4.78 is 5.22. The van der Waals surface area contributed by atoms with Crippen LogP contribution in [0.2, 0.25) is 0 Å². The largest absolute Gasteiger partial charge is 0.444 e. The van der Waals surface area contributed by atoms with Crippen LogP contribution in [0.4, 0.5) is 4.79 Å². The van der Waals surface area contributed by atoms with Gasteiger partial charge < -0.3 is 15.4 Å². The molecular weight excluding hydrogens is 290 g/mol. The number of carbonyl (C=O) groups excluding carboxylic acids is 1. The lowest BCUT2D eigenvalue weighted by molar-refractivity contribution is 0.0523. The molecule has 2 aromatic rings. The van der Waals surface area contributed by atoms with Crippen molar-refractivity contribution >= 4 is 16.9 Å². The molecule has 0 spiro atoms. The molecule has 0 radical (unpaired) electrons. The molecular formula is C18H25N3O2. The second-order valence-electron chi connectivity index (χ2n) is 6.68. The first-order valence-corrected chi connectivity index (χ1v) is 7.87. The van der Waals surface area contributed by atoms with E-state index in [1.165, 1.54) is 10.9 Å². The number of carbonyl (C=O) groups is 1. The van der Waals surface area contributed by atoms with Crippen molar-refractivity contribution < 1.29 is 9.53 Å². The van der Waals surface area contributed by atoms with Crippen molar-refractivity contribution in [2.45, 2.75) is 45.9 Å². The Hall–Kier alpha value is -2.14. The normalized spacial score (nSPS) is 12.9. The van der Waals surface area contributed by atoms with Gasteiger partial charge in [-0.25, -0.2) is 4.79 Å². The van der Waals surface area contributed by atoms with E-state index >= 15 is 0 Å². The number of pyridine rings is 1. The summed E-state index contributed by atoms with van der Waals surface area (Å²) in [6.45, 7) is 8.83. The van der Waals surface area contributed by atoms with Crippen LogP contribution in [0.1, 0.15) is 33.3 Å². The molecule has 1 atom stereocenters. The molecule has 2 N–H and O–H groups in total. The molecule has 0 aliphatic rings. The number of alkyl carbamates (subject to hydrolysis) is 1. The minimum atomic E-state index is -0.474. The Bertz CT molecular complexity index is 659. The van der Waals surface area contributed by atoms with Crippen LogP contribution in [-0.4, -0.2) is 29.3 Å². The number of nitrogens with zero attached hydrogens (tertiary/aromatic N) is 1. The molecule has 0 aliphatic carbocycles. The highest BCUT2D eigenvalue weighted by Gasteiger charge is 2.16. The standard InChI is InChI=1S/C18H25N3O2/c1-13(10-21-17(22)23-18(2,3)4)20-12-15-7-5-6-14-11-19-9-8-16(14)15/h5-9,11,13,20H,10,12H2,1-4H3,(H,21,22). The summed E-state index contributed by atoms with van der Waals surface area (Å²) in [5.41, 5.74) is 0.742. The minimum absolute atomic E-state index is 0.139. The van der Waals surface area contributed by atoms with Crippen LogP contribution in [0.3, 0.4) is 0 Å². The first kappa shape index (κ1) is 17.2. The highest BCUT2D eigenvalue weighted by molar-refractivity contribution is 5.84. The Balaban J connectivity index is 1.84. The maximum absolute atomic E-state index is 11.6. The van der Waals surface area contributed by atoms with Crippen molar-refractivity contribution in [3.05, 3.63) is 42.2 Å². The monoisotopic (exact) mass is 315 g/mol. The number of fused-ring (bicyclic) bond motifs is 1. The summed E-state index contributed by atoms with van der Waals surface area (Å²) >= 11 is 0. The van der Waals surface area contributed by atoms with Gasteiger partial charge in [0, 0.05) is 36.9 Å². The second kappa shape index (κ2) is 7.42. The first-order valence-electron chi connectivity index (χ1n) is 7.87. The van der Waals surface area contributed by atoms with Crippen molar-refractivity contribution in [3.8, 4) is 0 Å². The van der Waals surface area contributed by atoms with Crippen molar-refractivity contribution in [1.82, 2.24) is 15.6 Å². The molecule has 0 saturated carbocycles. The molecule has 5 heteroatoms. The molecule has 1 heterocycles. The molecule has 0 aliphatic heterocycles. The van der Waals surface area contributed by atoms with E-state index < -0.39 is 5.60 Å². The lowest BCUT2D eigenvalue weighted by Gasteiger charge is -2.21. The number of hydrogen-bond donors (Lipinski definition) is 2. The molecule has 1 unspecified atom stereocenters. The van der Waals surface area contributed by atoms with Crippen molar-refractivity contribution in [2.24, 2.45) is 0 Å². The van der Waals surface area contributed by atoms with Crippen LogP contribution >= 0.6 is 0 Å². The second-order valence-corrected chi connectivity index (χ2v) is 6.68. The third-order valence-corrected chi connectivity index (χ3v) is 3.36. The van der Waals surface area contributed by atoms with Gasteiger partial charge in [-0.1, -0.05) is 18.2 Å². The van der Waals surface area contributed by atoms with Crippen LogP contribution in [-0.2, 0) is 11.3 Å². The van der Waals surface area contributed by atoms with E-state index in [2.05, 4.69) is 27.8 Å². The summed E-state index contributed by atoms with van der Waals surface area (Å²) in [6.07, 6.45) is 3.29. The number of aromatic nitrogens is 1. The number of nitrogens with one attached hydrogen (secondary N) is 2. The van der Waals surface area contributed by atoms with Gasteiger partial charge in [-0.15, -0.1) is 0 Å². The lowest BCUT2D eigenvalue weighted by atomic mass is 10.1. The molecule has 0 saturated heterocycles. The minimum Gasteiger partial charge on any atom is -0.444 e. The first-order chi connectivity index (χ1) is 10.8. The number of benzene rings is 1. The van der Waals surface area contributed by atoms with E-state index in [-0.39, 0.29) is 12.1 Å². The van der Waals surface area contributed by atoms with Crippen LogP contribution < -0.4 is 10.6 Å². The topological polar surface area (TPSA) is 63.2 Å². The Morgan fingerprint density at radius 3 is 2.83 bits per heavy atom. The Labute approximate surface area is 137 Å². The molecule has 5 nitrogen and oxygen atoms in total. The van der Waals surface area contributed by atoms with E-state index in [1.54, 1.807) is 6.20 Å². The number of ether oxygens (including phenoxy) is 1. The van der Waals surface area contributed by atoms with Gasteiger partial charge in [-0.3, -0.25) is 4.98 Å². The zero-order valence-corrected chi connectivity index (χ0v) is 14.2. The molecule has 0 fully saturated rings. The highest BCUT2D eigenvalue weighted by Crippen LogP contribution is 2.17. The number of rotatable bonds is 5. The van der Waals surface area contributed by atoms with E-state index in [0.29, 0.717) is 6.54 Å². The summed E-state index contributed by atoms with van der Waals surface area (Å²) in [6, 6.07) is 8.35. The van der Waals surface area contributed by atoms with E-state index in [1.807, 2.05) is 46.0 Å². The Kier molecular flexibility index (Phi) is 5.55. The fraction of sp³-hybridized carbons (Fsp3) is 0.444. The maximum Gasteiger partial charge on any atom is 0.407 e. The molecule has 23 heavy (non-hydrogen) atoms. The van der Waals surface area contributed by atoms with E-state index in [9.17, 15) is 4.79 Å². The quantitative estimate of drug-likeness (QED) is 0.889. The predicted octanol–water partition coefficient (Wildman–Crippen LogP) is 3.24. The fourth-order valence-corrected chi connectivity index (χ4v) is 2.25.